The molecule has 6 saturated heterocycles. The van der Waals surface area contributed by atoms with Crippen molar-refractivity contribution in [2.24, 2.45) is 0 Å². The molecule has 6 aliphatic heterocycles. The van der Waals surface area contributed by atoms with Gasteiger partial charge in [-0.3, -0.25) is 0 Å². The van der Waals surface area contributed by atoms with Crippen LogP contribution in [0.4, 0.5) is 0 Å². The van der Waals surface area contributed by atoms with Crippen LogP contribution in [0.25, 0.3) is 0 Å². The van der Waals surface area contributed by atoms with E-state index in [1.165, 1.54) is 0 Å². The van der Waals surface area contributed by atoms with Crippen molar-refractivity contribution < 1.29 is 98.7 Å². The zero-order valence-corrected chi connectivity index (χ0v) is 21.5. The Morgan fingerprint density at radius 3 is 0.457 bits per heavy atom. The molecular weight excluding hydrogens is 605 g/mol. The van der Waals surface area contributed by atoms with E-state index in [2.05, 4.69) is 68.6 Å². The smallest absolute Gasteiger partial charge is 0.833 e. The summed E-state index contributed by atoms with van der Waals surface area (Å²) >= 11 is 0. The Balaban J connectivity index is 0.000000180. The van der Waals surface area contributed by atoms with Gasteiger partial charge in [0.1, 0.15) is 0 Å². The van der Waals surface area contributed by atoms with Crippen molar-refractivity contribution in [3.63, 3.8) is 0 Å². The average molecular weight is 605 g/mol. The molecule has 0 saturated carbocycles. The molecule has 6 heterocycles. The molecule has 0 atom stereocenters. The first-order valence-corrected chi connectivity index (χ1v) is 8.49. The van der Waals surface area contributed by atoms with Crippen molar-refractivity contribution in [2.45, 2.75) is 0 Å². The van der Waals surface area contributed by atoms with Crippen LogP contribution < -0.4 is 30.1 Å². The fourth-order valence-corrected chi connectivity index (χ4v) is 2.13. The fraction of sp³-hybridized carbons (Fsp3) is 0. The van der Waals surface area contributed by atoms with Crippen LogP contribution in [-0.2, 0) is 68.6 Å². The van der Waals surface area contributed by atoms with E-state index in [4.69, 9.17) is 0 Å². The molecule has 0 N–H and O–H groups in total. The predicted molar refractivity (Wildman–Crippen MR) is 96.8 cm³/mol. The molecule has 0 spiro atoms. The van der Waals surface area contributed by atoms with Crippen LogP contribution >= 0.6 is 0 Å². The molecular formula is B12Ga2O21. The third kappa shape index (κ3) is 10.4. The van der Waals surface area contributed by atoms with Gasteiger partial charge in [-0.05, 0) is 0 Å². The van der Waals surface area contributed by atoms with E-state index in [1.807, 2.05) is 0 Å². The van der Waals surface area contributed by atoms with Gasteiger partial charge in [-0.1, -0.05) is 0 Å². The molecule has 6 bridgehead atoms. The monoisotopic (exact) mass is 606 g/mol. The van der Waals surface area contributed by atoms with E-state index < -0.39 is 87.9 Å². The van der Waals surface area contributed by atoms with Gasteiger partial charge in [0.25, 0.3) is 0 Å². The molecule has 0 aromatic heterocycles. The maximum atomic E-state index is 10.5. The summed E-state index contributed by atoms with van der Waals surface area (Å²) in [6, 6.07) is 0. The van der Waals surface area contributed by atoms with E-state index in [0.29, 0.717) is 0 Å². The number of hydrogen-bond acceptors (Lipinski definition) is 21. The van der Waals surface area contributed by atoms with Crippen molar-refractivity contribution in [1.82, 2.24) is 0 Å². The van der Waals surface area contributed by atoms with Gasteiger partial charge >= 0.3 is 127 Å². The first-order valence-electron chi connectivity index (χ1n) is 8.49. The Morgan fingerprint density at radius 1 is 0.229 bits per heavy atom. The summed E-state index contributed by atoms with van der Waals surface area (Å²) in [5.41, 5.74) is 0. The molecule has 0 unspecified atom stereocenters. The Labute approximate surface area is 225 Å². The zero-order valence-electron chi connectivity index (χ0n) is 16.7. The van der Waals surface area contributed by atoms with Crippen LogP contribution in [0.2, 0.25) is 0 Å². The van der Waals surface area contributed by atoms with Crippen LogP contribution in [0.3, 0.4) is 0 Å². The molecule has 0 amide bonds. The summed E-state index contributed by atoms with van der Waals surface area (Å²) in [5, 5.41) is 62.9. The maximum Gasteiger partial charge on any atom is 3.00 e. The van der Waals surface area contributed by atoms with Crippen LogP contribution in [0.5, 0.6) is 0 Å². The predicted octanol–water partition coefficient (Wildman–Crippen LogP) is -13.5. The number of hydrogen-bond donors (Lipinski definition) is 0. The minimum absolute atomic E-state index is 0. The summed E-state index contributed by atoms with van der Waals surface area (Å²) in [4.78, 5) is 0. The van der Waals surface area contributed by atoms with Crippen molar-refractivity contribution in [2.75, 3.05) is 0 Å². The van der Waals surface area contributed by atoms with Crippen molar-refractivity contribution in [3.8, 4) is 0 Å². The second kappa shape index (κ2) is 15.1. The largest absolute Gasteiger partial charge is 3.00 e. The fourth-order valence-electron chi connectivity index (χ4n) is 2.13. The van der Waals surface area contributed by atoms with Crippen LogP contribution in [0, 0.1) is 0 Å². The van der Waals surface area contributed by atoms with E-state index in [9.17, 15) is 30.1 Å². The Hall–Kier alpha value is 1.21. The molecule has 21 nitrogen and oxygen atoms in total. The molecule has 6 rings (SSSR count). The van der Waals surface area contributed by atoms with Gasteiger partial charge in [0.2, 0.25) is 0 Å². The molecule has 35 heteroatoms. The van der Waals surface area contributed by atoms with Gasteiger partial charge in [-0.2, -0.15) is 0 Å². The molecule has 6 fully saturated rings. The third-order valence-corrected chi connectivity index (χ3v) is 3.33. The van der Waals surface area contributed by atoms with Gasteiger partial charge < -0.3 is 98.7 Å². The summed E-state index contributed by atoms with van der Waals surface area (Å²) in [5.74, 6) is 0. The SMILES string of the molecule is [Ga+3].[Ga+3].[O-]B1OB2OB([O-])OB(O1)O2.[O-]B1OB2OB([O-])OB(O1)O2.[O-]B1OB2OB([O-])OB(O1)O2. The summed E-state index contributed by atoms with van der Waals surface area (Å²) < 4.78 is 65.6. The Kier molecular flexibility index (Phi) is 14.0. The average Bonchev–Trinajstić information content (AvgIpc) is 2.65. The first-order chi connectivity index (χ1) is 15.7. The maximum absolute atomic E-state index is 10.5. The number of rotatable bonds is 0. The standard InChI is InChI=1S/3B4O7.2Ga/c3*5-1-7-3-9-2(6)10-4(8-1)11-3;;/q3*-2;2*+3. The van der Waals surface area contributed by atoms with Crippen molar-refractivity contribution in [3.05, 3.63) is 0 Å². The topological polar surface area (TPSA) is 277 Å². The minimum atomic E-state index is -1.73. The molecule has 6 aliphatic rings. The van der Waals surface area contributed by atoms with Gasteiger partial charge in [0.15, 0.2) is 0 Å². The second-order valence-electron chi connectivity index (χ2n) is 5.51. The van der Waals surface area contributed by atoms with E-state index in [0.717, 1.165) is 0 Å². The van der Waals surface area contributed by atoms with Crippen LogP contribution in [0.1, 0.15) is 0 Å². The van der Waals surface area contributed by atoms with Gasteiger partial charge in [-0.25, -0.2) is 0 Å². The minimum Gasteiger partial charge on any atom is -0.833 e. The van der Waals surface area contributed by atoms with E-state index in [1.54, 1.807) is 0 Å². The molecule has 35 heavy (non-hydrogen) atoms. The van der Waals surface area contributed by atoms with Gasteiger partial charge in [-0.15, -0.1) is 0 Å². The van der Waals surface area contributed by atoms with Gasteiger partial charge in [0.05, 0.1) is 0 Å². The van der Waals surface area contributed by atoms with Crippen LogP contribution in [-0.4, -0.2) is 127 Å². The van der Waals surface area contributed by atoms with Crippen LogP contribution in [0.15, 0.2) is 0 Å². The quantitative estimate of drug-likeness (QED) is 0.232. The third-order valence-electron chi connectivity index (χ3n) is 3.33. The number of fused-ring (bicyclic) bond motifs is 6. The molecule has 0 aromatic carbocycles. The normalized spacial score (nSPS) is 23.1. The second-order valence-corrected chi connectivity index (χ2v) is 5.51. The zero-order chi connectivity index (χ0) is 23.5. The van der Waals surface area contributed by atoms with E-state index >= 15 is 0 Å². The first kappa shape index (κ1) is 32.4. The Bertz CT molecular complexity index is 439. The molecule has 0 aliphatic carbocycles. The Morgan fingerprint density at radius 2 is 0.343 bits per heavy atom. The molecule has 0 radical (unpaired) electrons. The van der Waals surface area contributed by atoms with Crippen molar-refractivity contribution in [1.29, 1.82) is 0 Å². The summed E-state index contributed by atoms with van der Waals surface area (Å²) in [7, 11) is -18.0. The summed E-state index contributed by atoms with van der Waals surface area (Å²) in [6.07, 6.45) is 0. The molecule has 168 valence electrons. The van der Waals surface area contributed by atoms with Gasteiger partial charge in [0, 0.05) is 0 Å². The van der Waals surface area contributed by atoms with E-state index in [-0.39, 0.29) is 39.6 Å². The summed E-state index contributed by atoms with van der Waals surface area (Å²) in [6.45, 7) is 0. The molecule has 0 aromatic rings. The van der Waals surface area contributed by atoms with Crippen molar-refractivity contribution >= 4 is 127 Å².